The number of amides is 3. The van der Waals surface area contributed by atoms with Gasteiger partial charge in [0.1, 0.15) is 19.0 Å². The summed E-state index contributed by atoms with van der Waals surface area (Å²) in [5, 5.41) is 5.51. The number of carbonyl (C=O) groups is 2. The summed E-state index contributed by atoms with van der Waals surface area (Å²) in [5.41, 5.74) is 1.37. The van der Waals surface area contributed by atoms with E-state index in [9.17, 15) is 9.59 Å². The number of rotatable bonds is 8. The minimum atomic E-state index is -0.257. The van der Waals surface area contributed by atoms with E-state index in [0.29, 0.717) is 32.0 Å². The smallest absolute Gasteiger partial charge is 0.321 e. The summed E-state index contributed by atoms with van der Waals surface area (Å²) in [7, 11) is 0. The second-order valence-corrected chi connectivity index (χ2v) is 5.70. The van der Waals surface area contributed by atoms with E-state index in [2.05, 4.69) is 10.6 Å². The predicted molar refractivity (Wildman–Crippen MR) is 98.6 cm³/mol. The first-order valence-electron chi connectivity index (χ1n) is 8.43. The molecular weight excluding hydrogens is 334 g/mol. The van der Waals surface area contributed by atoms with Gasteiger partial charge >= 0.3 is 6.03 Å². The van der Waals surface area contributed by atoms with Gasteiger partial charge in [0.15, 0.2) is 0 Å². The van der Waals surface area contributed by atoms with Crippen LogP contribution in [0.25, 0.3) is 0 Å². The number of carbonyl (C=O) groups excluding carboxylic acids is 2. The van der Waals surface area contributed by atoms with E-state index in [4.69, 9.17) is 9.47 Å². The first-order valence-corrected chi connectivity index (χ1v) is 8.43. The lowest BCUT2D eigenvalue weighted by Crippen LogP contribution is -2.27. The number of nitrogens with zero attached hydrogens (tertiary/aromatic N) is 1. The van der Waals surface area contributed by atoms with Gasteiger partial charge in [-0.15, -0.1) is 0 Å². The van der Waals surface area contributed by atoms with E-state index in [1.807, 2.05) is 36.4 Å². The molecule has 0 unspecified atom stereocenters. The molecule has 1 fully saturated rings. The lowest BCUT2D eigenvalue weighted by Gasteiger charge is -2.15. The minimum Gasteiger partial charge on any atom is -0.491 e. The Hall–Kier alpha value is -3.06. The third-order valence-corrected chi connectivity index (χ3v) is 3.77. The number of nitrogens with one attached hydrogen (secondary N) is 2. The van der Waals surface area contributed by atoms with Crippen LogP contribution in [0.2, 0.25) is 0 Å². The van der Waals surface area contributed by atoms with Crippen molar-refractivity contribution in [2.24, 2.45) is 0 Å². The van der Waals surface area contributed by atoms with Gasteiger partial charge in [-0.25, -0.2) is 4.79 Å². The molecule has 0 saturated carbocycles. The lowest BCUT2D eigenvalue weighted by molar-refractivity contribution is -0.120. The van der Waals surface area contributed by atoms with Crippen LogP contribution in [-0.4, -0.2) is 44.8 Å². The molecule has 3 rings (SSSR count). The summed E-state index contributed by atoms with van der Waals surface area (Å²) in [5.74, 6) is 0.510. The number of benzene rings is 2. The van der Waals surface area contributed by atoms with Crippen molar-refractivity contribution in [3.63, 3.8) is 0 Å². The number of urea groups is 1. The highest BCUT2D eigenvalue weighted by molar-refractivity contribution is 5.96. The Morgan fingerprint density at radius 3 is 2.73 bits per heavy atom. The van der Waals surface area contributed by atoms with Gasteiger partial charge in [0.25, 0.3) is 0 Å². The maximum absolute atomic E-state index is 12.0. The SMILES string of the molecule is O=C(COCCOc1ccccc1)Nc1cccc(N2CCNC2=O)c1. The Morgan fingerprint density at radius 2 is 1.96 bits per heavy atom. The van der Waals surface area contributed by atoms with Gasteiger partial charge in [-0.3, -0.25) is 9.69 Å². The van der Waals surface area contributed by atoms with Crippen LogP contribution >= 0.6 is 0 Å². The molecule has 1 aliphatic heterocycles. The maximum atomic E-state index is 12.0. The van der Waals surface area contributed by atoms with E-state index >= 15 is 0 Å². The summed E-state index contributed by atoms with van der Waals surface area (Å²) in [6, 6.07) is 16.5. The van der Waals surface area contributed by atoms with Crippen LogP contribution in [0.5, 0.6) is 5.75 Å². The van der Waals surface area contributed by atoms with Gasteiger partial charge in [-0.2, -0.15) is 0 Å². The molecule has 1 heterocycles. The van der Waals surface area contributed by atoms with Crippen molar-refractivity contribution in [1.82, 2.24) is 5.32 Å². The topological polar surface area (TPSA) is 79.9 Å². The fourth-order valence-corrected chi connectivity index (χ4v) is 2.57. The summed E-state index contributed by atoms with van der Waals surface area (Å²) in [6.45, 7) is 1.86. The molecule has 26 heavy (non-hydrogen) atoms. The number of hydrogen-bond donors (Lipinski definition) is 2. The highest BCUT2D eigenvalue weighted by Crippen LogP contribution is 2.20. The number of anilines is 2. The fraction of sp³-hybridized carbons (Fsp3) is 0.263. The van der Waals surface area contributed by atoms with Crippen LogP contribution in [0.15, 0.2) is 54.6 Å². The summed E-state index contributed by atoms with van der Waals surface area (Å²) >= 11 is 0. The van der Waals surface area contributed by atoms with Crippen molar-refractivity contribution < 1.29 is 19.1 Å². The van der Waals surface area contributed by atoms with Crippen LogP contribution in [-0.2, 0) is 9.53 Å². The van der Waals surface area contributed by atoms with Crippen LogP contribution in [0.3, 0.4) is 0 Å². The average Bonchev–Trinajstić information content (AvgIpc) is 3.08. The summed E-state index contributed by atoms with van der Waals surface area (Å²) in [6.07, 6.45) is 0. The molecule has 1 saturated heterocycles. The normalized spacial score (nSPS) is 13.4. The Morgan fingerprint density at radius 1 is 1.12 bits per heavy atom. The van der Waals surface area contributed by atoms with Crippen LogP contribution in [0.1, 0.15) is 0 Å². The first-order chi connectivity index (χ1) is 12.7. The molecule has 2 aromatic carbocycles. The molecule has 136 valence electrons. The Bertz CT molecular complexity index is 751. The number of ether oxygens (including phenoxy) is 2. The zero-order chi connectivity index (χ0) is 18.2. The second kappa shape index (κ2) is 8.87. The fourth-order valence-electron chi connectivity index (χ4n) is 2.57. The summed E-state index contributed by atoms with van der Waals surface area (Å²) < 4.78 is 10.8. The zero-order valence-electron chi connectivity index (χ0n) is 14.3. The largest absolute Gasteiger partial charge is 0.491 e. The molecule has 1 aliphatic rings. The van der Waals surface area contributed by atoms with Crippen molar-refractivity contribution in [3.8, 4) is 5.75 Å². The van der Waals surface area contributed by atoms with Gasteiger partial charge in [0.2, 0.25) is 5.91 Å². The molecule has 0 atom stereocenters. The molecule has 0 aliphatic carbocycles. The van der Waals surface area contributed by atoms with Crippen molar-refractivity contribution in [2.75, 3.05) is 43.1 Å². The number of para-hydroxylation sites is 1. The Kier molecular flexibility index (Phi) is 6.05. The van der Waals surface area contributed by atoms with Crippen LogP contribution in [0, 0.1) is 0 Å². The van der Waals surface area contributed by atoms with Gasteiger partial charge < -0.3 is 20.1 Å². The molecule has 7 heteroatoms. The number of hydrogen-bond acceptors (Lipinski definition) is 4. The highest BCUT2D eigenvalue weighted by atomic mass is 16.5. The average molecular weight is 355 g/mol. The quantitative estimate of drug-likeness (QED) is 0.712. The molecule has 7 nitrogen and oxygen atoms in total. The zero-order valence-corrected chi connectivity index (χ0v) is 14.3. The Labute approximate surface area is 151 Å². The second-order valence-electron chi connectivity index (χ2n) is 5.70. The van der Waals surface area contributed by atoms with E-state index in [1.54, 1.807) is 23.1 Å². The molecule has 2 aromatic rings. The van der Waals surface area contributed by atoms with E-state index in [0.717, 1.165) is 11.4 Å². The summed E-state index contributed by atoms with van der Waals surface area (Å²) in [4.78, 5) is 25.3. The van der Waals surface area contributed by atoms with E-state index in [-0.39, 0.29) is 18.5 Å². The highest BCUT2D eigenvalue weighted by Gasteiger charge is 2.21. The van der Waals surface area contributed by atoms with Crippen molar-refractivity contribution in [2.45, 2.75) is 0 Å². The van der Waals surface area contributed by atoms with Crippen LogP contribution in [0.4, 0.5) is 16.2 Å². The molecule has 0 bridgehead atoms. The minimum absolute atomic E-state index is 0.0629. The molecule has 0 spiro atoms. The van der Waals surface area contributed by atoms with Gasteiger partial charge in [-0.1, -0.05) is 24.3 Å². The molecule has 2 N–H and O–H groups in total. The van der Waals surface area contributed by atoms with E-state index in [1.165, 1.54) is 0 Å². The van der Waals surface area contributed by atoms with E-state index < -0.39 is 0 Å². The first kappa shape index (κ1) is 17.8. The van der Waals surface area contributed by atoms with Crippen molar-refractivity contribution in [3.05, 3.63) is 54.6 Å². The third kappa shape index (κ3) is 4.97. The van der Waals surface area contributed by atoms with Crippen molar-refractivity contribution in [1.29, 1.82) is 0 Å². The molecule has 3 amide bonds. The van der Waals surface area contributed by atoms with Crippen molar-refractivity contribution >= 4 is 23.3 Å². The predicted octanol–water partition coefficient (Wildman–Crippen LogP) is 2.25. The molecule has 0 aromatic heterocycles. The lowest BCUT2D eigenvalue weighted by atomic mass is 10.2. The monoisotopic (exact) mass is 355 g/mol. The maximum Gasteiger partial charge on any atom is 0.321 e. The Balaban J connectivity index is 1.40. The van der Waals surface area contributed by atoms with Gasteiger partial charge in [0, 0.05) is 24.5 Å². The van der Waals surface area contributed by atoms with Gasteiger partial charge in [-0.05, 0) is 30.3 Å². The molecule has 0 radical (unpaired) electrons. The standard InChI is InChI=1S/C19H21N3O4/c23-18(14-25-11-12-26-17-7-2-1-3-8-17)21-15-5-4-6-16(13-15)22-10-9-20-19(22)24/h1-8,13H,9-12,14H2,(H,20,24)(H,21,23). The molecular formula is C19H21N3O4. The third-order valence-electron chi connectivity index (χ3n) is 3.77. The van der Waals surface area contributed by atoms with Gasteiger partial charge in [0.05, 0.1) is 6.61 Å². The van der Waals surface area contributed by atoms with Crippen LogP contribution < -0.4 is 20.3 Å².